The van der Waals surface area contributed by atoms with E-state index in [0.717, 1.165) is 40.5 Å². The first-order valence-corrected chi connectivity index (χ1v) is 12.4. The molecule has 0 aliphatic carbocycles. The van der Waals surface area contributed by atoms with Crippen molar-refractivity contribution < 1.29 is 9.59 Å². The van der Waals surface area contributed by atoms with Crippen molar-refractivity contribution in [3.8, 4) is 0 Å². The van der Waals surface area contributed by atoms with Crippen LogP contribution >= 0.6 is 39.9 Å². The van der Waals surface area contributed by atoms with Crippen LogP contribution in [-0.2, 0) is 9.59 Å². The minimum atomic E-state index is -0.203. The number of anilines is 1. The smallest absolute Gasteiger partial charge is 0.267 e. The number of nitrogens with zero attached hydrogens (tertiary/aromatic N) is 2. The Hall–Kier alpha value is -1.96. The molecule has 0 bridgehead atoms. The van der Waals surface area contributed by atoms with Gasteiger partial charge < -0.3 is 4.90 Å². The van der Waals surface area contributed by atoms with Crippen molar-refractivity contribution in [2.24, 2.45) is 0 Å². The molecule has 0 saturated carbocycles. The molecule has 0 unspecified atom stereocenters. The number of rotatable bonds is 6. The molecule has 2 aromatic carbocycles. The van der Waals surface area contributed by atoms with Gasteiger partial charge in [-0.3, -0.25) is 14.5 Å². The second kappa shape index (κ2) is 9.27. The molecule has 31 heavy (non-hydrogen) atoms. The van der Waals surface area contributed by atoms with Crippen LogP contribution in [0, 0.1) is 0 Å². The van der Waals surface area contributed by atoms with Gasteiger partial charge in [0.05, 0.1) is 22.2 Å². The first-order chi connectivity index (χ1) is 14.9. The lowest BCUT2D eigenvalue weighted by atomic mass is 10.1. The second-order valence-electron chi connectivity index (χ2n) is 7.66. The Balaban J connectivity index is 1.74. The fourth-order valence-corrected chi connectivity index (χ4v) is 5.86. The number of halogens is 1. The predicted octanol–water partition coefficient (Wildman–Crippen LogP) is 6.32. The van der Waals surface area contributed by atoms with Gasteiger partial charge in [0.1, 0.15) is 4.32 Å². The number of carbonyl (C=O) groups is 2. The maximum Gasteiger partial charge on any atom is 0.267 e. The lowest BCUT2D eigenvalue weighted by molar-refractivity contribution is -0.123. The third-order valence-electron chi connectivity index (χ3n) is 5.66. The van der Waals surface area contributed by atoms with Crippen molar-refractivity contribution in [2.45, 2.75) is 39.2 Å². The summed E-state index contributed by atoms with van der Waals surface area (Å²) in [5.74, 6) is -0.312. The molecule has 4 nitrogen and oxygen atoms in total. The average Bonchev–Trinajstić information content (AvgIpc) is 3.20. The first-order valence-electron chi connectivity index (χ1n) is 10.4. The van der Waals surface area contributed by atoms with E-state index < -0.39 is 0 Å². The molecule has 7 heteroatoms. The minimum Gasteiger partial charge on any atom is -0.308 e. The van der Waals surface area contributed by atoms with Crippen LogP contribution in [-0.4, -0.2) is 27.6 Å². The van der Waals surface area contributed by atoms with Gasteiger partial charge in [-0.1, -0.05) is 90.0 Å². The Morgan fingerprint density at radius 1 is 1.06 bits per heavy atom. The third kappa shape index (κ3) is 4.11. The summed E-state index contributed by atoms with van der Waals surface area (Å²) in [7, 11) is 0. The lowest BCUT2D eigenvalue weighted by Crippen LogP contribution is -2.32. The standard InChI is InChI=1S/C24H23BrN2O2S2/c1-3-4-8-13-26-19-12-11-17(25)14-18(19)20(22(26)28)21-23(29)27(24(30)31-21)15(2)16-9-6-5-7-10-16/h5-7,9-12,14-15H,3-4,8,13H2,1-2H3/b21-20-/t15-/m1/s1. The molecule has 0 N–H and O–H groups in total. The van der Waals surface area contributed by atoms with E-state index in [-0.39, 0.29) is 17.9 Å². The van der Waals surface area contributed by atoms with Gasteiger partial charge in [0.15, 0.2) is 0 Å². The number of hydrogen-bond acceptors (Lipinski definition) is 4. The summed E-state index contributed by atoms with van der Waals surface area (Å²) in [6, 6.07) is 15.4. The van der Waals surface area contributed by atoms with Gasteiger partial charge in [-0.15, -0.1) is 0 Å². The van der Waals surface area contributed by atoms with Crippen LogP contribution in [0.15, 0.2) is 57.9 Å². The number of fused-ring (bicyclic) bond motifs is 1. The zero-order valence-electron chi connectivity index (χ0n) is 17.4. The van der Waals surface area contributed by atoms with E-state index in [1.807, 2.05) is 55.5 Å². The van der Waals surface area contributed by atoms with Crippen molar-refractivity contribution in [3.63, 3.8) is 0 Å². The molecule has 2 heterocycles. The quantitative estimate of drug-likeness (QED) is 0.257. The van der Waals surface area contributed by atoms with Crippen LogP contribution in [0.1, 0.15) is 50.3 Å². The number of amides is 2. The first kappa shape index (κ1) is 22.2. The van der Waals surface area contributed by atoms with Crippen molar-refractivity contribution in [1.29, 1.82) is 0 Å². The number of hydrogen-bond donors (Lipinski definition) is 0. The van der Waals surface area contributed by atoms with E-state index >= 15 is 0 Å². The molecule has 2 aromatic rings. The minimum absolute atomic E-state index is 0.114. The third-order valence-corrected chi connectivity index (χ3v) is 7.55. The number of unbranched alkanes of at least 4 members (excludes halogenated alkanes) is 2. The topological polar surface area (TPSA) is 40.6 Å². The summed E-state index contributed by atoms with van der Waals surface area (Å²) in [4.78, 5) is 30.8. The summed E-state index contributed by atoms with van der Waals surface area (Å²) in [6.45, 7) is 4.75. The highest BCUT2D eigenvalue weighted by Gasteiger charge is 2.43. The maximum absolute atomic E-state index is 13.5. The zero-order valence-corrected chi connectivity index (χ0v) is 20.6. The van der Waals surface area contributed by atoms with Crippen LogP contribution in [0.2, 0.25) is 0 Å². The predicted molar refractivity (Wildman–Crippen MR) is 135 cm³/mol. The normalized spacial score (nSPS) is 19.4. The number of thiocarbonyl (C=S) groups is 1. The molecule has 1 saturated heterocycles. The molecule has 2 amide bonds. The van der Waals surface area contributed by atoms with Crippen LogP contribution in [0.3, 0.4) is 0 Å². The van der Waals surface area contributed by atoms with Gasteiger partial charge in [-0.25, -0.2) is 0 Å². The number of thioether (sulfide) groups is 1. The highest BCUT2D eigenvalue weighted by Crippen LogP contribution is 2.47. The van der Waals surface area contributed by atoms with Gasteiger partial charge in [0.25, 0.3) is 11.8 Å². The summed E-state index contributed by atoms with van der Waals surface area (Å²) in [5, 5.41) is 0. The van der Waals surface area contributed by atoms with Crippen molar-refractivity contribution in [1.82, 2.24) is 4.90 Å². The molecule has 1 atom stereocenters. The fourth-order valence-electron chi connectivity index (χ4n) is 4.01. The monoisotopic (exact) mass is 514 g/mol. The van der Waals surface area contributed by atoms with Gasteiger partial charge in [0, 0.05) is 16.6 Å². The molecule has 2 aliphatic rings. The molecule has 160 valence electrons. The molecule has 2 aliphatic heterocycles. The summed E-state index contributed by atoms with van der Waals surface area (Å²) >= 11 is 10.3. The largest absolute Gasteiger partial charge is 0.308 e. The van der Waals surface area contributed by atoms with Crippen LogP contribution < -0.4 is 4.90 Å². The van der Waals surface area contributed by atoms with E-state index in [0.29, 0.717) is 21.3 Å². The van der Waals surface area contributed by atoms with E-state index in [9.17, 15) is 9.59 Å². The Bertz CT molecular complexity index is 1080. The van der Waals surface area contributed by atoms with E-state index in [4.69, 9.17) is 12.2 Å². The summed E-state index contributed by atoms with van der Waals surface area (Å²) in [6.07, 6.45) is 3.07. The van der Waals surface area contributed by atoms with Crippen molar-refractivity contribution in [3.05, 3.63) is 69.0 Å². The van der Waals surface area contributed by atoms with Crippen LogP contribution in [0.4, 0.5) is 5.69 Å². The van der Waals surface area contributed by atoms with Crippen LogP contribution in [0.25, 0.3) is 5.57 Å². The highest BCUT2D eigenvalue weighted by atomic mass is 79.9. The second-order valence-corrected chi connectivity index (χ2v) is 10.2. The summed E-state index contributed by atoms with van der Waals surface area (Å²) < 4.78 is 1.36. The van der Waals surface area contributed by atoms with E-state index in [1.54, 1.807) is 9.80 Å². The molecule has 0 radical (unpaired) electrons. The molecule has 0 aromatic heterocycles. The van der Waals surface area contributed by atoms with Gasteiger partial charge in [-0.2, -0.15) is 0 Å². The Morgan fingerprint density at radius 2 is 1.81 bits per heavy atom. The Morgan fingerprint density at radius 3 is 2.52 bits per heavy atom. The molecule has 0 spiro atoms. The molecule has 1 fully saturated rings. The summed E-state index contributed by atoms with van der Waals surface area (Å²) in [5.41, 5.74) is 3.13. The Kier molecular flexibility index (Phi) is 6.65. The molecular formula is C24H23BrN2O2S2. The SMILES string of the molecule is CCCCCN1C(=O)/C(=C2\SC(=S)N([C@H](C)c3ccccc3)C2=O)c2cc(Br)ccc21. The Labute approximate surface area is 200 Å². The average molecular weight is 515 g/mol. The molecule has 4 rings (SSSR count). The van der Waals surface area contributed by atoms with Gasteiger partial charge >= 0.3 is 0 Å². The van der Waals surface area contributed by atoms with Crippen LogP contribution in [0.5, 0.6) is 0 Å². The number of benzene rings is 2. The van der Waals surface area contributed by atoms with E-state index in [2.05, 4.69) is 22.9 Å². The lowest BCUT2D eigenvalue weighted by Gasteiger charge is -2.23. The fraction of sp³-hybridized carbons (Fsp3) is 0.292. The van der Waals surface area contributed by atoms with E-state index in [1.165, 1.54) is 11.8 Å². The van der Waals surface area contributed by atoms with Gasteiger partial charge in [-0.05, 0) is 37.1 Å². The molecular weight excluding hydrogens is 492 g/mol. The number of carbonyl (C=O) groups excluding carboxylic acids is 2. The maximum atomic E-state index is 13.5. The highest BCUT2D eigenvalue weighted by molar-refractivity contribution is 9.10. The van der Waals surface area contributed by atoms with Crippen molar-refractivity contribution >= 4 is 67.3 Å². The van der Waals surface area contributed by atoms with Gasteiger partial charge in [0.2, 0.25) is 0 Å². The zero-order chi connectivity index (χ0) is 22.1. The van der Waals surface area contributed by atoms with Crippen molar-refractivity contribution in [2.75, 3.05) is 11.4 Å².